The molecule has 34 heavy (non-hydrogen) atoms. The van der Waals surface area contributed by atoms with Gasteiger partial charge >= 0.3 is 0 Å². The molecule has 2 aliphatic heterocycles. The van der Waals surface area contributed by atoms with Crippen LogP contribution in [0.4, 0.5) is 0 Å². The van der Waals surface area contributed by atoms with Crippen molar-refractivity contribution in [2.75, 3.05) is 13.1 Å². The van der Waals surface area contributed by atoms with Gasteiger partial charge in [0.25, 0.3) is 0 Å². The number of hydrogen-bond acceptors (Lipinski definition) is 4. The van der Waals surface area contributed by atoms with Gasteiger partial charge in [0.2, 0.25) is 0 Å². The van der Waals surface area contributed by atoms with Gasteiger partial charge < -0.3 is 19.4 Å². The molecule has 0 spiro atoms. The maximum atomic E-state index is 4.82. The lowest BCUT2D eigenvalue weighted by atomic mass is 10.0. The quantitative estimate of drug-likeness (QED) is 0.399. The average molecular weight is 449 g/mol. The van der Waals surface area contributed by atoms with E-state index in [2.05, 4.69) is 92.8 Å². The third-order valence-corrected chi connectivity index (χ3v) is 7.33. The average Bonchev–Trinajstić information content (AvgIpc) is 3.69. The number of nitrogens with one attached hydrogen (secondary N) is 2. The number of imidazole rings is 2. The highest BCUT2D eigenvalue weighted by atomic mass is 15.1. The van der Waals surface area contributed by atoms with Crippen molar-refractivity contribution >= 4 is 11.3 Å². The Kier molecular flexibility index (Phi) is 4.74. The maximum Gasteiger partial charge on any atom is 0.137 e. The Morgan fingerprint density at radius 1 is 0.559 bits per heavy atom. The standard InChI is InChI=1S/C28H28N6/c1-3-23(29-13-1)25-17-33-15-21(9-11-27(33)31-25)19-5-7-20(8-6-19)22-10-12-28-32-26(18-34(28)16-22)24-4-2-14-30-24/h5-12,15-18,23-24,29-30H,1-4,13-14H2/t23-,24-/m1/s1. The van der Waals surface area contributed by atoms with E-state index in [1.165, 1.54) is 47.9 Å². The van der Waals surface area contributed by atoms with Crippen LogP contribution < -0.4 is 10.6 Å². The van der Waals surface area contributed by atoms with Crippen LogP contribution in [-0.2, 0) is 0 Å². The summed E-state index contributed by atoms with van der Waals surface area (Å²) in [6.07, 6.45) is 13.5. The van der Waals surface area contributed by atoms with Crippen molar-refractivity contribution in [2.45, 2.75) is 37.8 Å². The fraction of sp³-hybridized carbons (Fsp3) is 0.286. The van der Waals surface area contributed by atoms with Crippen molar-refractivity contribution in [1.29, 1.82) is 0 Å². The molecule has 4 aromatic heterocycles. The lowest BCUT2D eigenvalue weighted by molar-refractivity contribution is 0.632. The van der Waals surface area contributed by atoms with E-state index < -0.39 is 0 Å². The van der Waals surface area contributed by atoms with Crippen molar-refractivity contribution in [3.8, 4) is 22.3 Å². The number of rotatable bonds is 4. The highest BCUT2D eigenvalue weighted by Crippen LogP contribution is 2.28. The Morgan fingerprint density at radius 2 is 1.00 bits per heavy atom. The Hall–Kier alpha value is -3.48. The summed E-state index contributed by atoms with van der Waals surface area (Å²) >= 11 is 0. The smallest absolute Gasteiger partial charge is 0.137 e. The predicted molar refractivity (Wildman–Crippen MR) is 135 cm³/mol. The van der Waals surface area contributed by atoms with E-state index in [0.29, 0.717) is 12.1 Å². The Labute approximate surface area is 198 Å². The Bertz CT molecular complexity index is 1350. The Morgan fingerprint density at radius 3 is 1.41 bits per heavy atom. The summed E-state index contributed by atoms with van der Waals surface area (Å²) in [5, 5.41) is 7.09. The second kappa shape index (κ2) is 8.08. The predicted octanol–water partition coefficient (Wildman–Crippen LogP) is 5.17. The van der Waals surface area contributed by atoms with Crippen molar-refractivity contribution in [3.63, 3.8) is 0 Å². The summed E-state index contributed by atoms with van der Waals surface area (Å²) in [4.78, 5) is 9.65. The maximum absolute atomic E-state index is 4.82. The number of benzene rings is 1. The van der Waals surface area contributed by atoms with E-state index >= 15 is 0 Å². The molecule has 6 heteroatoms. The molecule has 0 aliphatic carbocycles. The summed E-state index contributed by atoms with van der Waals surface area (Å²) in [5.41, 5.74) is 9.10. The first-order valence-electron chi connectivity index (χ1n) is 12.4. The molecule has 170 valence electrons. The van der Waals surface area contributed by atoms with E-state index in [9.17, 15) is 0 Å². The minimum Gasteiger partial charge on any atom is -0.309 e. The van der Waals surface area contributed by atoms with Gasteiger partial charge in [0.1, 0.15) is 11.3 Å². The molecule has 1 aromatic carbocycles. The molecule has 2 saturated heterocycles. The van der Waals surface area contributed by atoms with Crippen LogP contribution in [0.5, 0.6) is 0 Å². The highest BCUT2D eigenvalue weighted by Gasteiger charge is 2.20. The summed E-state index contributed by atoms with van der Waals surface area (Å²) in [6, 6.07) is 18.2. The zero-order valence-electron chi connectivity index (χ0n) is 19.1. The van der Waals surface area contributed by atoms with Gasteiger partial charge in [-0.2, -0.15) is 0 Å². The first-order valence-corrected chi connectivity index (χ1v) is 12.4. The summed E-state index contributed by atoms with van der Waals surface area (Å²) in [5.74, 6) is 0. The normalized spacial score (nSPS) is 20.6. The van der Waals surface area contributed by atoms with Gasteiger partial charge in [-0.15, -0.1) is 0 Å². The molecule has 5 aromatic rings. The monoisotopic (exact) mass is 448 g/mol. The lowest BCUT2D eigenvalue weighted by Gasteiger charge is -2.06. The first kappa shape index (κ1) is 19.9. The van der Waals surface area contributed by atoms with Crippen molar-refractivity contribution in [2.24, 2.45) is 0 Å². The molecule has 0 amide bonds. The fourth-order valence-corrected chi connectivity index (χ4v) is 5.43. The molecule has 6 heterocycles. The molecule has 0 radical (unpaired) electrons. The van der Waals surface area contributed by atoms with E-state index in [1.54, 1.807) is 0 Å². The Balaban J connectivity index is 1.16. The number of aromatic nitrogens is 4. The van der Waals surface area contributed by atoms with Gasteiger partial charge in [-0.1, -0.05) is 24.3 Å². The molecule has 2 atom stereocenters. The van der Waals surface area contributed by atoms with Gasteiger partial charge in [0, 0.05) is 24.8 Å². The summed E-state index contributed by atoms with van der Waals surface area (Å²) < 4.78 is 4.31. The molecular weight excluding hydrogens is 420 g/mol. The van der Waals surface area contributed by atoms with Crippen LogP contribution in [0, 0.1) is 0 Å². The van der Waals surface area contributed by atoms with Crippen molar-refractivity contribution < 1.29 is 0 Å². The van der Waals surface area contributed by atoms with Crippen LogP contribution in [0.1, 0.15) is 49.2 Å². The molecule has 2 aliphatic rings. The molecule has 7 rings (SSSR count). The number of fused-ring (bicyclic) bond motifs is 2. The summed E-state index contributed by atoms with van der Waals surface area (Å²) in [7, 11) is 0. The van der Waals surface area contributed by atoms with E-state index in [0.717, 1.165) is 35.8 Å². The van der Waals surface area contributed by atoms with Crippen LogP contribution in [0.2, 0.25) is 0 Å². The molecular formula is C28H28N6. The van der Waals surface area contributed by atoms with E-state index in [1.807, 2.05) is 0 Å². The van der Waals surface area contributed by atoms with E-state index in [-0.39, 0.29) is 0 Å². The zero-order chi connectivity index (χ0) is 22.5. The van der Waals surface area contributed by atoms with Crippen LogP contribution >= 0.6 is 0 Å². The largest absolute Gasteiger partial charge is 0.309 e. The second-order valence-corrected chi connectivity index (χ2v) is 9.57. The molecule has 2 fully saturated rings. The number of pyridine rings is 2. The van der Waals surface area contributed by atoms with Crippen LogP contribution in [0.3, 0.4) is 0 Å². The van der Waals surface area contributed by atoms with Gasteiger partial charge in [-0.05, 0) is 85.3 Å². The molecule has 2 N–H and O–H groups in total. The highest BCUT2D eigenvalue weighted by molar-refractivity contribution is 5.71. The third-order valence-electron chi connectivity index (χ3n) is 7.33. The molecule has 6 nitrogen and oxygen atoms in total. The minimum absolute atomic E-state index is 0.390. The van der Waals surface area contributed by atoms with Gasteiger partial charge in [-0.25, -0.2) is 9.97 Å². The zero-order valence-corrected chi connectivity index (χ0v) is 19.1. The molecule has 0 saturated carbocycles. The fourth-order valence-electron chi connectivity index (χ4n) is 5.43. The third kappa shape index (κ3) is 3.50. The van der Waals surface area contributed by atoms with E-state index in [4.69, 9.17) is 9.97 Å². The van der Waals surface area contributed by atoms with Gasteiger partial charge in [0.05, 0.1) is 23.5 Å². The van der Waals surface area contributed by atoms with Gasteiger partial charge in [0.15, 0.2) is 0 Å². The summed E-state index contributed by atoms with van der Waals surface area (Å²) in [6.45, 7) is 2.17. The number of nitrogens with zero attached hydrogens (tertiary/aromatic N) is 4. The molecule has 0 unspecified atom stereocenters. The second-order valence-electron chi connectivity index (χ2n) is 9.57. The van der Waals surface area contributed by atoms with Crippen LogP contribution in [0.25, 0.3) is 33.5 Å². The van der Waals surface area contributed by atoms with Crippen molar-refractivity contribution in [1.82, 2.24) is 29.4 Å². The first-order chi connectivity index (χ1) is 16.8. The van der Waals surface area contributed by atoms with Crippen LogP contribution in [-0.4, -0.2) is 31.9 Å². The van der Waals surface area contributed by atoms with Gasteiger partial charge in [-0.3, -0.25) is 0 Å². The lowest BCUT2D eigenvalue weighted by Crippen LogP contribution is -2.12. The topological polar surface area (TPSA) is 58.7 Å². The van der Waals surface area contributed by atoms with Crippen LogP contribution in [0.15, 0.2) is 73.3 Å². The molecule has 0 bridgehead atoms. The minimum atomic E-state index is 0.390. The number of hydrogen-bond donors (Lipinski definition) is 2. The SMILES string of the molecule is c1cc(-c2ccc3nc([C@H]4CCCN4)cn3c2)ccc1-c1ccc2nc([C@H]3CCCN3)cn2c1. The van der Waals surface area contributed by atoms with Crippen molar-refractivity contribution in [3.05, 3.63) is 84.7 Å².